The molecular weight excluding hydrogens is 378 g/mol. The normalized spacial score (nSPS) is 10.5. The lowest BCUT2D eigenvalue weighted by atomic mass is 10.2. The van der Waals surface area contributed by atoms with Crippen molar-refractivity contribution in [2.45, 2.75) is 6.18 Å². The topological polar surface area (TPSA) is 84.2 Å². The number of benzene rings is 1. The van der Waals surface area contributed by atoms with E-state index in [-0.39, 0.29) is 35.7 Å². The summed E-state index contributed by atoms with van der Waals surface area (Å²) in [5, 5.41) is 4.45. The first kappa shape index (κ1) is 19.7. The average Bonchev–Trinajstić information content (AvgIpc) is 2.34. The highest BCUT2D eigenvalue weighted by Gasteiger charge is 2.31. The second-order valence-corrected chi connectivity index (χ2v) is 4.67. The van der Waals surface area contributed by atoms with Crippen LogP contribution in [0.25, 0.3) is 0 Å². The van der Waals surface area contributed by atoms with Gasteiger partial charge in [0, 0.05) is 10.2 Å². The largest absolute Gasteiger partial charge is 0.416 e. The predicted molar refractivity (Wildman–Crippen MR) is 77.1 cm³/mol. The smallest absolute Gasteiger partial charge is 0.346 e. The molecule has 0 atom stereocenters. The lowest BCUT2D eigenvalue weighted by Crippen LogP contribution is -2.36. The molecule has 0 aliphatic rings. The van der Waals surface area contributed by atoms with Crippen molar-refractivity contribution in [1.29, 1.82) is 0 Å². The number of hydrogen-bond acceptors (Lipinski definition) is 3. The van der Waals surface area contributed by atoms with Gasteiger partial charge in [0.2, 0.25) is 11.8 Å². The third kappa shape index (κ3) is 6.78. The van der Waals surface area contributed by atoms with Crippen LogP contribution in [0.15, 0.2) is 22.7 Å². The van der Waals surface area contributed by atoms with Gasteiger partial charge >= 0.3 is 6.18 Å². The van der Waals surface area contributed by atoms with E-state index in [1.54, 1.807) is 0 Å². The Morgan fingerprint density at radius 2 is 1.81 bits per heavy atom. The third-order valence-corrected chi connectivity index (χ3v) is 2.60. The molecule has 2 amide bonds. The Kier molecular flexibility index (Phi) is 7.69. The second kappa shape index (κ2) is 8.20. The quantitative estimate of drug-likeness (QED) is 0.734. The van der Waals surface area contributed by atoms with Crippen molar-refractivity contribution < 1.29 is 22.8 Å². The number of rotatable bonds is 4. The van der Waals surface area contributed by atoms with Crippen LogP contribution < -0.4 is 16.4 Å². The molecule has 0 spiro atoms. The molecular formula is C11H12BrClF3N3O2. The second-order valence-electron chi connectivity index (χ2n) is 3.76. The molecule has 0 unspecified atom stereocenters. The van der Waals surface area contributed by atoms with Gasteiger partial charge in [0.25, 0.3) is 0 Å². The summed E-state index contributed by atoms with van der Waals surface area (Å²) in [5.74, 6) is -1.19. The van der Waals surface area contributed by atoms with Gasteiger partial charge in [-0.25, -0.2) is 0 Å². The lowest BCUT2D eigenvalue weighted by molar-refractivity contribution is -0.137. The number of carbonyl (C=O) groups is 2. The zero-order valence-electron chi connectivity index (χ0n) is 10.5. The minimum Gasteiger partial charge on any atom is -0.346 e. The van der Waals surface area contributed by atoms with E-state index >= 15 is 0 Å². The maximum Gasteiger partial charge on any atom is 0.416 e. The lowest BCUT2D eigenvalue weighted by Gasteiger charge is -2.11. The Morgan fingerprint density at radius 1 is 1.19 bits per heavy atom. The number of nitrogens with two attached hydrogens (primary N) is 1. The SMILES string of the molecule is Cl.NCC(=O)NCC(=O)Nc1cc(Br)cc(C(F)(F)F)c1. The van der Waals surface area contributed by atoms with Gasteiger partial charge in [-0.1, -0.05) is 15.9 Å². The first-order chi connectivity index (χ1) is 9.22. The standard InChI is InChI=1S/C11H11BrF3N3O2.ClH/c12-7-1-6(11(13,14)15)2-8(3-7)18-10(20)5-17-9(19)4-16;/h1-3H,4-5,16H2,(H,17,19)(H,18,20);1H. The molecule has 0 radical (unpaired) electrons. The van der Waals surface area contributed by atoms with Crippen LogP contribution in [0.4, 0.5) is 18.9 Å². The molecule has 1 rings (SSSR count). The molecule has 0 heterocycles. The Hall–Kier alpha value is -1.32. The average molecular weight is 391 g/mol. The summed E-state index contributed by atoms with van der Waals surface area (Å²) in [6, 6.07) is 3.01. The van der Waals surface area contributed by atoms with Crippen LogP contribution in [-0.2, 0) is 15.8 Å². The van der Waals surface area contributed by atoms with Crippen molar-refractivity contribution in [1.82, 2.24) is 5.32 Å². The summed E-state index contributed by atoms with van der Waals surface area (Å²) >= 11 is 2.93. The summed E-state index contributed by atoms with van der Waals surface area (Å²) in [5.41, 5.74) is 4.10. The Balaban J connectivity index is 0.00000400. The number of anilines is 1. The van der Waals surface area contributed by atoms with E-state index in [0.29, 0.717) is 0 Å². The van der Waals surface area contributed by atoms with E-state index in [1.807, 2.05) is 0 Å². The number of hydrogen-bond donors (Lipinski definition) is 3. The predicted octanol–water partition coefficient (Wildman–Crippen LogP) is 1.90. The molecule has 0 saturated carbocycles. The Labute approximate surface area is 133 Å². The third-order valence-electron chi connectivity index (χ3n) is 2.14. The van der Waals surface area contributed by atoms with Crippen LogP contribution >= 0.6 is 28.3 Å². The summed E-state index contributed by atoms with van der Waals surface area (Å²) in [4.78, 5) is 22.3. The molecule has 0 aliphatic carbocycles. The molecule has 1 aromatic carbocycles. The zero-order valence-corrected chi connectivity index (χ0v) is 12.9. The van der Waals surface area contributed by atoms with Crippen LogP contribution in [0.5, 0.6) is 0 Å². The van der Waals surface area contributed by atoms with Gasteiger partial charge < -0.3 is 16.4 Å². The molecule has 21 heavy (non-hydrogen) atoms. The first-order valence-electron chi connectivity index (χ1n) is 5.37. The molecule has 0 saturated heterocycles. The number of nitrogens with one attached hydrogen (secondary N) is 2. The van der Waals surface area contributed by atoms with Crippen LogP contribution in [0.1, 0.15) is 5.56 Å². The van der Waals surface area contributed by atoms with E-state index in [0.717, 1.165) is 12.1 Å². The van der Waals surface area contributed by atoms with E-state index < -0.39 is 23.6 Å². The van der Waals surface area contributed by atoms with Crippen molar-refractivity contribution in [3.05, 3.63) is 28.2 Å². The molecule has 5 nitrogen and oxygen atoms in total. The van der Waals surface area contributed by atoms with Crippen LogP contribution in [-0.4, -0.2) is 24.9 Å². The monoisotopic (exact) mass is 389 g/mol. The van der Waals surface area contributed by atoms with E-state index in [4.69, 9.17) is 5.73 Å². The van der Waals surface area contributed by atoms with E-state index in [9.17, 15) is 22.8 Å². The Morgan fingerprint density at radius 3 is 2.33 bits per heavy atom. The van der Waals surface area contributed by atoms with Gasteiger partial charge in [0.05, 0.1) is 18.7 Å². The maximum absolute atomic E-state index is 12.6. The molecule has 0 aliphatic heterocycles. The summed E-state index contributed by atoms with van der Waals surface area (Å²) in [6.07, 6.45) is -4.52. The van der Waals surface area contributed by atoms with Crippen molar-refractivity contribution >= 4 is 45.8 Å². The van der Waals surface area contributed by atoms with Crippen LogP contribution in [0, 0.1) is 0 Å². The van der Waals surface area contributed by atoms with Gasteiger partial charge in [-0.15, -0.1) is 12.4 Å². The van der Waals surface area contributed by atoms with Crippen LogP contribution in [0.2, 0.25) is 0 Å². The van der Waals surface area contributed by atoms with Crippen molar-refractivity contribution in [3.8, 4) is 0 Å². The van der Waals surface area contributed by atoms with Crippen LogP contribution in [0.3, 0.4) is 0 Å². The number of halogens is 5. The zero-order chi connectivity index (χ0) is 15.3. The molecule has 118 valence electrons. The molecule has 1 aromatic rings. The molecule has 4 N–H and O–H groups in total. The molecule has 0 aromatic heterocycles. The number of alkyl halides is 3. The first-order valence-corrected chi connectivity index (χ1v) is 6.16. The minimum absolute atomic E-state index is 0. The molecule has 10 heteroatoms. The maximum atomic E-state index is 12.6. The number of amides is 2. The van der Waals surface area contributed by atoms with Gasteiger partial charge in [0.15, 0.2) is 0 Å². The van der Waals surface area contributed by atoms with Crippen molar-refractivity contribution in [3.63, 3.8) is 0 Å². The van der Waals surface area contributed by atoms with Gasteiger partial charge in [0.1, 0.15) is 0 Å². The summed E-state index contributed by atoms with van der Waals surface area (Å²) in [6.45, 7) is -0.647. The summed E-state index contributed by atoms with van der Waals surface area (Å²) in [7, 11) is 0. The van der Waals surface area contributed by atoms with Gasteiger partial charge in [-0.05, 0) is 18.2 Å². The fraction of sp³-hybridized carbons (Fsp3) is 0.273. The van der Waals surface area contributed by atoms with Gasteiger partial charge in [-0.2, -0.15) is 13.2 Å². The van der Waals surface area contributed by atoms with Gasteiger partial charge in [-0.3, -0.25) is 9.59 Å². The highest BCUT2D eigenvalue weighted by molar-refractivity contribution is 9.10. The summed E-state index contributed by atoms with van der Waals surface area (Å²) < 4.78 is 37.9. The Bertz CT molecular complexity index is 526. The molecule has 0 fully saturated rings. The fourth-order valence-electron chi connectivity index (χ4n) is 1.28. The molecule has 0 bridgehead atoms. The van der Waals surface area contributed by atoms with Crippen molar-refractivity contribution in [2.75, 3.05) is 18.4 Å². The van der Waals surface area contributed by atoms with E-state index in [1.165, 1.54) is 6.07 Å². The van der Waals surface area contributed by atoms with Crippen molar-refractivity contribution in [2.24, 2.45) is 5.73 Å². The minimum atomic E-state index is -4.52. The fourth-order valence-corrected chi connectivity index (χ4v) is 1.77. The highest BCUT2D eigenvalue weighted by atomic mass is 79.9. The number of carbonyl (C=O) groups excluding carboxylic acids is 2. The van der Waals surface area contributed by atoms with E-state index in [2.05, 4.69) is 26.6 Å². The highest BCUT2D eigenvalue weighted by Crippen LogP contribution is 2.33.